The largest absolute Gasteiger partial charge is 0.361 e. The number of carbonyl (C=O) groups excluding carboxylic acids is 1. The Bertz CT molecular complexity index is 1160. The standard InChI is InChI=1S/C19H13Cl2N5O/c20-12-5-6-14(15(21)7-12)17-8-18(25-24-17)19(27)26-23-10-11-9-22-16-4-2-1-3-13(11)16/h1-10,22H,(H,24,25)(H,26,27). The van der Waals surface area contributed by atoms with Crippen molar-refractivity contribution in [3.05, 3.63) is 76.0 Å². The van der Waals surface area contributed by atoms with Crippen LogP contribution in [0.15, 0.2) is 59.8 Å². The van der Waals surface area contributed by atoms with Gasteiger partial charge in [-0.05, 0) is 30.3 Å². The van der Waals surface area contributed by atoms with Crippen molar-refractivity contribution in [2.24, 2.45) is 5.10 Å². The molecule has 4 rings (SSSR count). The van der Waals surface area contributed by atoms with E-state index in [4.69, 9.17) is 23.2 Å². The molecule has 1 amide bonds. The first-order valence-electron chi connectivity index (χ1n) is 8.02. The fraction of sp³-hybridized carbons (Fsp3) is 0. The predicted octanol–water partition coefficient (Wildman–Crippen LogP) is 4.63. The molecule has 0 spiro atoms. The first-order chi connectivity index (χ1) is 13.1. The number of para-hydroxylation sites is 1. The highest BCUT2D eigenvalue weighted by atomic mass is 35.5. The Kier molecular flexibility index (Phi) is 4.66. The summed E-state index contributed by atoms with van der Waals surface area (Å²) in [7, 11) is 0. The molecule has 8 heteroatoms. The van der Waals surface area contributed by atoms with Crippen LogP contribution in [0.3, 0.4) is 0 Å². The quantitative estimate of drug-likeness (QED) is 0.346. The van der Waals surface area contributed by atoms with Crippen LogP contribution in [-0.4, -0.2) is 27.3 Å². The molecule has 0 bridgehead atoms. The number of amides is 1. The predicted molar refractivity (Wildman–Crippen MR) is 107 cm³/mol. The van der Waals surface area contributed by atoms with Gasteiger partial charge in [0.05, 0.1) is 16.9 Å². The van der Waals surface area contributed by atoms with Gasteiger partial charge in [0.25, 0.3) is 5.91 Å². The van der Waals surface area contributed by atoms with Gasteiger partial charge < -0.3 is 4.98 Å². The lowest BCUT2D eigenvalue weighted by atomic mass is 10.1. The highest BCUT2D eigenvalue weighted by Crippen LogP contribution is 2.29. The van der Waals surface area contributed by atoms with Crippen molar-refractivity contribution in [3.8, 4) is 11.3 Å². The average molecular weight is 398 g/mol. The van der Waals surface area contributed by atoms with Crippen molar-refractivity contribution in [1.82, 2.24) is 20.6 Å². The lowest BCUT2D eigenvalue weighted by molar-refractivity contribution is 0.0950. The summed E-state index contributed by atoms with van der Waals surface area (Å²) in [6.45, 7) is 0. The monoisotopic (exact) mass is 397 g/mol. The second-order valence-electron chi connectivity index (χ2n) is 5.78. The molecule has 2 aromatic carbocycles. The number of aromatic nitrogens is 3. The van der Waals surface area contributed by atoms with Crippen LogP contribution in [0.25, 0.3) is 22.2 Å². The van der Waals surface area contributed by atoms with Crippen molar-refractivity contribution < 1.29 is 4.79 Å². The maximum Gasteiger partial charge on any atom is 0.289 e. The molecule has 0 aliphatic heterocycles. The summed E-state index contributed by atoms with van der Waals surface area (Å²) in [5.41, 5.74) is 5.86. The van der Waals surface area contributed by atoms with Gasteiger partial charge in [0, 0.05) is 33.2 Å². The minimum Gasteiger partial charge on any atom is -0.361 e. The van der Waals surface area contributed by atoms with Crippen LogP contribution >= 0.6 is 23.2 Å². The summed E-state index contributed by atoms with van der Waals surface area (Å²) in [6.07, 6.45) is 3.42. The summed E-state index contributed by atoms with van der Waals surface area (Å²) in [5.74, 6) is -0.407. The summed E-state index contributed by atoms with van der Waals surface area (Å²) in [5, 5.41) is 12.8. The molecule has 0 saturated heterocycles. The summed E-state index contributed by atoms with van der Waals surface area (Å²) < 4.78 is 0. The zero-order valence-electron chi connectivity index (χ0n) is 13.8. The van der Waals surface area contributed by atoms with Crippen LogP contribution in [0.2, 0.25) is 10.0 Å². The van der Waals surface area contributed by atoms with Crippen molar-refractivity contribution in [2.75, 3.05) is 0 Å². The molecule has 0 aliphatic carbocycles. The highest BCUT2D eigenvalue weighted by molar-refractivity contribution is 6.36. The first-order valence-corrected chi connectivity index (χ1v) is 8.78. The molecule has 0 unspecified atom stereocenters. The molecular weight excluding hydrogens is 385 g/mol. The van der Waals surface area contributed by atoms with Crippen LogP contribution in [0, 0.1) is 0 Å². The zero-order chi connectivity index (χ0) is 18.8. The number of rotatable bonds is 4. The molecule has 27 heavy (non-hydrogen) atoms. The minimum atomic E-state index is -0.407. The van der Waals surface area contributed by atoms with Crippen molar-refractivity contribution in [1.29, 1.82) is 0 Å². The smallest absolute Gasteiger partial charge is 0.289 e. The number of halogens is 2. The van der Waals surface area contributed by atoms with E-state index in [-0.39, 0.29) is 5.69 Å². The van der Waals surface area contributed by atoms with Gasteiger partial charge in [0.15, 0.2) is 0 Å². The van der Waals surface area contributed by atoms with Gasteiger partial charge in [-0.15, -0.1) is 0 Å². The number of hydrazone groups is 1. The van der Waals surface area contributed by atoms with Gasteiger partial charge in [-0.2, -0.15) is 10.2 Å². The van der Waals surface area contributed by atoms with Crippen LogP contribution in [-0.2, 0) is 0 Å². The van der Waals surface area contributed by atoms with Gasteiger partial charge >= 0.3 is 0 Å². The topological polar surface area (TPSA) is 85.9 Å². The molecule has 3 N–H and O–H groups in total. The zero-order valence-corrected chi connectivity index (χ0v) is 15.3. The molecule has 2 heterocycles. The summed E-state index contributed by atoms with van der Waals surface area (Å²) >= 11 is 12.1. The Morgan fingerprint density at radius 3 is 2.85 bits per heavy atom. The third-order valence-corrected chi connectivity index (χ3v) is 4.57. The van der Waals surface area contributed by atoms with E-state index in [1.165, 1.54) is 0 Å². The Balaban J connectivity index is 1.48. The number of hydrogen-bond acceptors (Lipinski definition) is 3. The lowest BCUT2D eigenvalue weighted by Crippen LogP contribution is -2.17. The van der Waals surface area contributed by atoms with Crippen molar-refractivity contribution in [2.45, 2.75) is 0 Å². The Hall–Kier alpha value is -3.09. The third kappa shape index (κ3) is 3.58. The van der Waals surface area contributed by atoms with Crippen LogP contribution < -0.4 is 5.43 Å². The van der Waals surface area contributed by atoms with E-state index in [0.29, 0.717) is 21.3 Å². The van der Waals surface area contributed by atoms with E-state index < -0.39 is 5.91 Å². The molecule has 0 fully saturated rings. The normalized spacial score (nSPS) is 11.3. The van der Waals surface area contributed by atoms with E-state index in [0.717, 1.165) is 16.5 Å². The average Bonchev–Trinajstić information content (AvgIpc) is 3.29. The number of hydrogen-bond donors (Lipinski definition) is 3. The maximum atomic E-state index is 12.3. The molecule has 0 atom stereocenters. The SMILES string of the molecule is O=C(NN=Cc1c[nH]c2ccccc12)c1cc(-c2ccc(Cl)cc2Cl)n[nH]1. The van der Waals surface area contributed by atoms with Gasteiger partial charge in [-0.1, -0.05) is 41.4 Å². The lowest BCUT2D eigenvalue weighted by Gasteiger charge is -2.00. The summed E-state index contributed by atoms with van der Waals surface area (Å²) in [6, 6.07) is 14.5. The Morgan fingerprint density at radius 1 is 1.15 bits per heavy atom. The number of aromatic amines is 2. The van der Waals surface area contributed by atoms with E-state index in [2.05, 4.69) is 25.7 Å². The molecule has 2 aromatic heterocycles. The maximum absolute atomic E-state index is 12.3. The molecule has 6 nitrogen and oxygen atoms in total. The van der Waals surface area contributed by atoms with Crippen LogP contribution in [0.5, 0.6) is 0 Å². The Labute approximate surface area is 164 Å². The minimum absolute atomic E-state index is 0.270. The molecule has 0 saturated carbocycles. The van der Waals surface area contributed by atoms with E-state index in [1.54, 1.807) is 30.5 Å². The molecule has 0 aliphatic rings. The Morgan fingerprint density at radius 2 is 2.00 bits per heavy atom. The molecular formula is C19H13Cl2N5O. The third-order valence-electron chi connectivity index (χ3n) is 4.02. The summed E-state index contributed by atoms with van der Waals surface area (Å²) in [4.78, 5) is 15.4. The fourth-order valence-corrected chi connectivity index (χ4v) is 3.20. The van der Waals surface area contributed by atoms with Gasteiger partial charge in [-0.3, -0.25) is 9.89 Å². The highest BCUT2D eigenvalue weighted by Gasteiger charge is 2.13. The van der Waals surface area contributed by atoms with Gasteiger partial charge in [-0.25, -0.2) is 5.43 Å². The number of nitrogens with zero attached hydrogens (tertiary/aromatic N) is 2. The number of nitrogens with one attached hydrogen (secondary N) is 3. The van der Waals surface area contributed by atoms with Crippen LogP contribution in [0.1, 0.15) is 16.1 Å². The van der Waals surface area contributed by atoms with Gasteiger partial charge in [0.2, 0.25) is 0 Å². The number of fused-ring (bicyclic) bond motifs is 1. The molecule has 4 aromatic rings. The van der Waals surface area contributed by atoms with Crippen molar-refractivity contribution in [3.63, 3.8) is 0 Å². The van der Waals surface area contributed by atoms with E-state index >= 15 is 0 Å². The fourth-order valence-electron chi connectivity index (χ4n) is 2.69. The second kappa shape index (κ2) is 7.26. The van der Waals surface area contributed by atoms with Crippen molar-refractivity contribution >= 4 is 46.2 Å². The van der Waals surface area contributed by atoms with Crippen LogP contribution in [0.4, 0.5) is 0 Å². The molecule has 0 radical (unpaired) electrons. The first kappa shape index (κ1) is 17.3. The second-order valence-corrected chi connectivity index (χ2v) is 6.62. The number of benzene rings is 2. The van der Waals surface area contributed by atoms with E-state index in [1.807, 2.05) is 30.5 Å². The van der Waals surface area contributed by atoms with E-state index in [9.17, 15) is 4.79 Å². The number of H-pyrrole nitrogens is 2. The molecule has 134 valence electrons. The number of carbonyl (C=O) groups is 1. The van der Waals surface area contributed by atoms with Gasteiger partial charge in [0.1, 0.15) is 5.69 Å².